The third-order valence-electron chi connectivity index (χ3n) is 7.20. The number of ether oxygens (including phenoxy) is 3. The number of phosphoric ester groups is 2. The highest BCUT2D eigenvalue weighted by Crippen LogP contribution is 2.55. The van der Waals surface area contributed by atoms with Gasteiger partial charge < -0.3 is 38.3 Å². The lowest BCUT2D eigenvalue weighted by Gasteiger charge is -2.27. The van der Waals surface area contributed by atoms with Crippen molar-refractivity contribution in [2.75, 3.05) is 13.2 Å². The topological polar surface area (TPSA) is 232 Å². The van der Waals surface area contributed by atoms with E-state index in [0.717, 1.165) is 0 Å². The Morgan fingerprint density at radius 2 is 1.02 bits per heavy atom. The lowest BCUT2D eigenvalue weighted by atomic mass is 10.1. The first-order chi connectivity index (χ1) is 20.1. The summed E-state index contributed by atoms with van der Waals surface area (Å²) in [6.45, 7) is 10.1. The Morgan fingerprint density at radius 1 is 0.591 bits per heavy atom. The monoisotopic (exact) mass is 718 g/mol. The van der Waals surface area contributed by atoms with Gasteiger partial charge in [0, 0.05) is 19.3 Å². The maximum absolute atomic E-state index is 13.0. The molecule has 17 nitrogen and oxygen atoms in total. The van der Waals surface area contributed by atoms with Crippen LogP contribution < -0.4 is 0 Å². The maximum atomic E-state index is 13.0. The molecule has 3 rings (SSSR count). The highest BCUT2D eigenvalue weighted by atomic mass is 31.2. The van der Waals surface area contributed by atoms with Gasteiger partial charge >= 0.3 is 30.8 Å². The normalized spacial score (nSPS) is 38.4. The van der Waals surface area contributed by atoms with Crippen LogP contribution in [-0.4, -0.2) is 99.2 Å². The smallest absolute Gasteiger partial charge is 0.370 e. The van der Waals surface area contributed by atoms with E-state index < -0.39 is 104 Å². The van der Waals surface area contributed by atoms with Crippen molar-refractivity contribution >= 4 is 30.8 Å². The summed E-state index contributed by atoms with van der Waals surface area (Å²) >= 11 is 0. The lowest BCUT2D eigenvalue weighted by molar-refractivity contribution is -0.119. The zero-order valence-corrected chi connectivity index (χ0v) is 29.3. The van der Waals surface area contributed by atoms with Gasteiger partial charge in [0.15, 0.2) is 6.29 Å². The van der Waals surface area contributed by atoms with Gasteiger partial charge in [-0.3, -0.25) is 31.7 Å². The zero-order chi connectivity index (χ0) is 33.3. The van der Waals surface area contributed by atoms with E-state index in [2.05, 4.69) is 0 Å². The van der Waals surface area contributed by atoms with Gasteiger partial charge in [0.25, 0.3) is 0 Å². The molecule has 44 heavy (non-hydrogen) atoms. The Kier molecular flexibility index (Phi) is 13.5. The molecule has 260 valence electrons. The Morgan fingerprint density at radius 3 is 1.52 bits per heavy atom. The van der Waals surface area contributed by atoms with Crippen molar-refractivity contribution in [1.29, 1.82) is 0 Å². The SMILES string of the molecule is CC(C)P(=O)(O)OC[C@H]1O[C@@H](C)C[C@@H]1OP(=O)(O)OC[C@H]1O[C@@H](C)C[C@@H]1OP(=O)(O)O[C@H]1O[C@@H](C)C[C@@H]1OP(=O)(O)C(C)C. The van der Waals surface area contributed by atoms with Crippen molar-refractivity contribution in [2.45, 2.75) is 134 Å². The van der Waals surface area contributed by atoms with Crippen molar-refractivity contribution < 1.29 is 79.2 Å². The molecule has 0 saturated carbocycles. The number of phosphoric acid groups is 2. The molecule has 0 aromatic rings. The zero-order valence-electron chi connectivity index (χ0n) is 25.8. The van der Waals surface area contributed by atoms with Gasteiger partial charge in [-0.1, -0.05) is 27.7 Å². The van der Waals surface area contributed by atoms with Crippen LogP contribution in [0.4, 0.5) is 0 Å². The summed E-state index contributed by atoms with van der Waals surface area (Å²) in [5.41, 5.74) is -1.39. The summed E-state index contributed by atoms with van der Waals surface area (Å²) in [6.07, 6.45) is -7.69. The summed E-state index contributed by atoms with van der Waals surface area (Å²) in [7, 11) is -17.6. The van der Waals surface area contributed by atoms with E-state index in [-0.39, 0.29) is 25.9 Å². The average molecular weight is 719 g/mol. The Balaban J connectivity index is 1.58. The van der Waals surface area contributed by atoms with Gasteiger partial charge in [-0.2, -0.15) is 0 Å². The molecule has 0 amide bonds. The molecule has 0 radical (unpaired) electrons. The van der Waals surface area contributed by atoms with Crippen LogP contribution in [0.25, 0.3) is 0 Å². The predicted octanol–water partition coefficient (Wildman–Crippen LogP) is 4.07. The first-order valence-electron chi connectivity index (χ1n) is 14.4. The molecule has 3 saturated heterocycles. The molecule has 3 heterocycles. The highest BCUT2D eigenvalue weighted by Gasteiger charge is 2.47. The minimum Gasteiger partial charge on any atom is -0.370 e. The molecule has 0 aromatic heterocycles. The fourth-order valence-electron chi connectivity index (χ4n) is 4.69. The quantitative estimate of drug-likeness (QED) is 0.165. The van der Waals surface area contributed by atoms with Crippen LogP contribution in [0.15, 0.2) is 0 Å². The van der Waals surface area contributed by atoms with Gasteiger partial charge in [0.2, 0.25) is 0 Å². The molecule has 0 aromatic carbocycles. The average Bonchev–Trinajstić information content (AvgIpc) is 3.50. The summed E-state index contributed by atoms with van der Waals surface area (Å²) in [5.74, 6) is 0. The van der Waals surface area contributed by atoms with Crippen molar-refractivity contribution in [3.8, 4) is 0 Å². The van der Waals surface area contributed by atoms with Crippen LogP contribution in [0.1, 0.15) is 67.7 Å². The van der Waals surface area contributed by atoms with E-state index in [1.807, 2.05) is 0 Å². The van der Waals surface area contributed by atoms with E-state index in [1.54, 1.807) is 20.8 Å². The van der Waals surface area contributed by atoms with Crippen LogP contribution in [0.5, 0.6) is 0 Å². The Hall–Kier alpha value is 0.400. The second-order valence-corrected chi connectivity index (χ2v) is 19.4. The van der Waals surface area contributed by atoms with E-state index in [0.29, 0.717) is 0 Å². The molecule has 4 N–H and O–H groups in total. The third kappa shape index (κ3) is 11.2. The maximum Gasteiger partial charge on any atom is 0.474 e. The van der Waals surface area contributed by atoms with E-state index in [4.69, 9.17) is 41.4 Å². The molecule has 3 fully saturated rings. The molecule has 0 spiro atoms. The minimum absolute atomic E-state index is 0.101. The van der Waals surface area contributed by atoms with Gasteiger partial charge in [0.1, 0.15) is 30.5 Å². The van der Waals surface area contributed by atoms with Crippen molar-refractivity contribution in [3.63, 3.8) is 0 Å². The van der Waals surface area contributed by atoms with Crippen molar-refractivity contribution in [3.05, 3.63) is 0 Å². The van der Waals surface area contributed by atoms with Crippen LogP contribution in [-0.2, 0) is 59.6 Å². The fourth-order valence-corrected chi connectivity index (χ4v) is 8.19. The molecule has 21 heteroatoms. The molecule has 3 aliphatic heterocycles. The molecule has 0 aliphatic carbocycles. The largest absolute Gasteiger partial charge is 0.474 e. The van der Waals surface area contributed by atoms with Gasteiger partial charge in [-0.15, -0.1) is 0 Å². The number of hydrogen-bond donors (Lipinski definition) is 4. The Labute approximate surface area is 257 Å². The summed E-state index contributed by atoms with van der Waals surface area (Å²) in [4.78, 5) is 41.0. The molecule has 13 atom stereocenters. The second kappa shape index (κ2) is 15.3. The van der Waals surface area contributed by atoms with Crippen LogP contribution in [0.2, 0.25) is 0 Å². The highest BCUT2D eigenvalue weighted by molar-refractivity contribution is 7.53. The summed E-state index contributed by atoms with van der Waals surface area (Å²) in [6, 6.07) is 0. The summed E-state index contributed by atoms with van der Waals surface area (Å²) in [5, 5.41) is 0. The molecule has 3 aliphatic rings. The molecular weight excluding hydrogens is 672 g/mol. The summed E-state index contributed by atoms with van der Waals surface area (Å²) < 4.78 is 98.5. The minimum atomic E-state index is -4.89. The standard InChI is InChI=1S/C23H46O17P4/c1-13(2)41(24,25)32-11-21-18(8-15(5)34-21)38-43(28,29)33-12-22-19(9-16(6)35-22)39-44(30,31)40-23-20(10-17(7)36-23)37-42(26,27)14(3)4/h13-23H,8-12H2,1-7H3,(H,24,25)(H,26,27)(H,28,29)(H,30,31)/t15-,16-,17-,18-,19-,20-,21+,22+,23+/m0/s1. The fraction of sp³-hybridized carbons (Fsp3) is 1.00. The number of rotatable bonds is 16. The van der Waals surface area contributed by atoms with Gasteiger partial charge in [0.05, 0.1) is 42.8 Å². The first-order valence-corrected chi connectivity index (χ1v) is 20.7. The van der Waals surface area contributed by atoms with Gasteiger partial charge in [-0.05, 0) is 20.8 Å². The lowest BCUT2D eigenvalue weighted by Crippen LogP contribution is -2.31. The second-order valence-electron chi connectivity index (χ2n) is 11.9. The van der Waals surface area contributed by atoms with E-state index in [1.165, 1.54) is 27.7 Å². The molecule has 0 bridgehead atoms. The van der Waals surface area contributed by atoms with Crippen LogP contribution in [0.3, 0.4) is 0 Å². The van der Waals surface area contributed by atoms with Crippen molar-refractivity contribution in [1.82, 2.24) is 0 Å². The Bertz CT molecular complexity index is 1150. The number of hydrogen-bond acceptors (Lipinski definition) is 13. The molecular formula is C23H46O17P4. The van der Waals surface area contributed by atoms with Gasteiger partial charge in [-0.25, -0.2) is 9.13 Å². The predicted molar refractivity (Wildman–Crippen MR) is 154 cm³/mol. The third-order valence-corrected chi connectivity index (χ3v) is 12.9. The van der Waals surface area contributed by atoms with E-state index >= 15 is 0 Å². The van der Waals surface area contributed by atoms with Crippen LogP contribution >= 0.6 is 30.8 Å². The molecule has 4 unspecified atom stereocenters. The first kappa shape index (κ1) is 38.8. The van der Waals surface area contributed by atoms with Crippen LogP contribution in [0, 0.1) is 0 Å². The van der Waals surface area contributed by atoms with Crippen molar-refractivity contribution in [2.24, 2.45) is 0 Å². The van der Waals surface area contributed by atoms with E-state index in [9.17, 15) is 37.8 Å².